The molecule has 3 N–H and O–H groups in total. The number of piperidine rings is 1. The maximum absolute atomic E-state index is 14.2. The zero-order valence-electron chi connectivity index (χ0n) is 41.1. The standard InChI is InChI=1S/C51H71F3N10O6/c1-33(2)61(3)37-8-10-43(64-20-13-41(49(64)68)59-46-38-28-36(51(52,53)54)7-9-40(38)57-32-58-46)42(29-37)60-47(66)34-11-14-50(15-12-34)16-21-63(22-17-50)23-25-70-27-26-69-24-19-56-48(67)39-30-44(65)62(4)45(39)35-6-5-18-55-31-35/h5-7,9,18,28,31-34,37,39,41-43,45H,8,10-17,19-27,29-30H2,1-4H3,(H,56,67)(H,60,66)(H,57,58,59)/t37-,39+,41+,42-,43+,45-/m1/s1. The molecule has 4 amide bonds. The number of benzene rings is 1. The quantitative estimate of drug-likeness (QED) is 0.138. The number of anilines is 1. The summed E-state index contributed by atoms with van der Waals surface area (Å²) in [6.45, 7) is 9.83. The molecule has 19 heteroatoms. The van der Waals surface area contributed by atoms with Crippen molar-refractivity contribution >= 4 is 40.3 Å². The third-order valence-corrected chi connectivity index (χ3v) is 16.2. The van der Waals surface area contributed by atoms with Gasteiger partial charge in [0.05, 0.1) is 61.6 Å². The molecular weight excluding hydrogens is 906 g/mol. The number of carbonyl (C=O) groups excluding carboxylic acids is 4. The highest BCUT2D eigenvalue weighted by Crippen LogP contribution is 2.47. The Bertz CT molecular complexity index is 2270. The highest BCUT2D eigenvalue weighted by molar-refractivity contribution is 5.93. The summed E-state index contributed by atoms with van der Waals surface area (Å²) in [5.41, 5.74) is 0.632. The van der Waals surface area contributed by atoms with E-state index in [4.69, 9.17) is 9.47 Å². The zero-order valence-corrected chi connectivity index (χ0v) is 41.1. The fourth-order valence-corrected chi connectivity index (χ4v) is 11.7. The van der Waals surface area contributed by atoms with Crippen LogP contribution in [-0.4, -0.2) is 162 Å². The third kappa shape index (κ3) is 12.0. The van der Waals surface area contributed by atoms with Gasteiger partial charge in [0.15, 0.2) is 0 Å². The summed E-state index contributed by atoms with van der Waals surface area (Å²) in [5, 5.41) is 9.76. The number of hydrogen-bond acceptors (Lipinski definition) is 12. The largest absolute Gasteiger partial charge is 0.416 e. The Morgan fingerprint density at radius 3 is 2.40 bits per heavy atom. The van der Waals surface area contributed by atoms with Crippen LogP contribution in [0.4, 0.5) is 19.0 Å². The molecule has 2 saturated carbocycles. The zero-order chi connectivity index (χ0) is 49.6. The molecule has 1 aromatic carbocycles. The van der Waals surface area contributed by atoms with Crippen molar-refractivity contribution in [2.24, 2.45) is 17.3 Å². The number of fused-ring (bicyclic) bond motifs is 1. The van der Waals surface area contributed by atoms with Crippen LogP contribution in [0.15, 0.2) is 49.1 Å². The highest BCUT2D eigenvalue weighted by Gasteiger charge is 2.46. The van der Waals surface area contributed by atoms with Crippen LogP contribution in [0, 0.1) is 17.3 Å². The molecule has 3 saturated heterocycles. The SMILES string of the molecule is CC(C)N(C)[C@@H]1CC[C@H](N2CC[C@H](Nc3ncnc4ccc(C(F)(F)F)cc34)C2=O)[C@H](NC(=O)C2CCC3(CC2)CCN(CCOCCOCCNC(=O)[C@H]2CC(=O)N(C)[C@@H]2c2cccnc2)CC3)C1. The van der Waals surface area contributed by atoms with Gasteiger partial charge in [-0.2, -0.15) is 13.2 Å². The lowest BCUT2D eigenvalue weighted by molar-refractivity contribution is -0.137. The van der Waals surface area contributed by atoms with E-state index >= 15 is 0 Å². The summed E-state index contributed by atoms with van der Waals surface area (Å²) in [6.07, 6.45) is 9.01. The minimum Gasteiger partial charge on any atom is -0.378 e. The first-order valence-electron chi connectivity index (χ1n) is 25.3. The lowest BCUT2D eigenvalue weighted by Gasteiger charge is -2.47. The van der Waals surface area contributed by atoms with Gasteiger partial charge in [0, 0.05) is 68.9 Å². The number of nitrogens with zero attached hydrogens (tertiary/aromatic N) is 7. The molecule has 3 aromatic rings. The normalized spacial score (nSPS) is 25.7. The number of likely N-dealkylation sites (tertiary alicyclic amines) is 3. The van der Waals surface area contributed by atoms with Gasteiger partial charge < -0.3 is 45.0 Å². The van der Waals surface area contributed by atoms with Gasteiger partial charge >= 0.3 is 6.18 Å². The number of halogens is 3. The van der Waals surface area contributed by atoms with Gasteiger partial charge in [0.1, 0.15) is 18.2 Å². The van der Waals surface area contributed by atoms with Crippen LogP contribution in [-0.2, 0) is 34.8 Å². The van der Waals surface area contributed by atoms with Crippen LogP contribution in [0.2, 0.25) is 0 Å². The molecule has 5 aliphatic rings. The highest BCUT2D eigenvalue weighted by atomic mass is 19.4. The van der Waals surface area contributed by atoms with Crippen LogP contribution in [0.3, 0.4) is 0 Å². The van der Waals surface area contributed by atoms with Crippen molar-refractivity contribution < 1.29 is 41.8 Å². The van der Waals surface area contributed by atoms with E-state index in [9.17, 15) is 32.3 Å². The van der Waals surface area contributed by atoms with Crippen molar-refractivity contribution in [3.8, 4) is 0 Å². The second-order valence-electron chi connectivity index (χ2n) is 20.6. The molecule has 382 valence electrons. The van der Waals surface area contributed by atoms with Crippen molar-refractivity contribution in [2.75, 3.05) is 78.6 Å². The Morgan fingerprint density at radius 2 is 1.69 bits per heavy atom. The van der Waals surface area contributed by atoms with E-state index in [0.29, 0.717) is 57.5 Å². The minimum atomic E-state index is -4.53. The number of hydrogen-bond donors (Lipinski definition) is 3. The van der Waals surface area contributed by atoms with E-state index < -0.39 is 23.7 Å². The number of aromatic nitrogens is 3. The van der Waals surface area contributed by atoms with Crippen LogP contribution >= 0.6 is 0 Å². The van der Waals surface area contributed by atoms with Crippen molar-refractivity contribution in [3.05, 3.63) is 60.2 Å². The number of pyridine rings is 1. The lowest BCUT2D eigenvalue weighted by atomic mass is 9.65. The van der Waals surface area contributed by atoms with E-state index in [1.165, 1.54) is 12.4 Å². The number of nitrogens with one attached hydrogen (secondary N) is 3. The van der Waals surface area contributed by atoms with Crippen molar-refractivity contribution in [1.29, 1.82) is 0 Å². The second kappa shape index (κ2) is 22.6. The number of rotatable bonds is 18. The van der Waals surface area contributed by atoms with Crippen LogP contribution < -0.4 is 16.0 Å². The van der Waals surface area contributed by atoms with Gasteiger partial charge in [-0.25, -0.2) is 9.97 Å². The average Bonchev–Trinajstić information content (AvgIpc) is 3.87. The number of carbonyl (C=O) groups is 4. The molecular formula is C51H71F3N10O6. The molecule has 1 spiro atoms. The summed E-state index contributed by atoms with van der Waals surface area (Å²) >= 11 is 0. The Kier molecular flexibility index (Phi) is 16.6. The van der Waals surface area contributed by atoms with Gasteiger partial charge in [-0.15, -0.1) is 0 Å². The average molecular weight is 977 g/mol. The van der Waals surface area contributed by atoms with Gasteiger partial charge in [0.25, 0.3) is 0 Å². The molecule has 8 rings (SSSR count). The van der Waals surface area contributed by atoms with Crippen LogP contribution in [0.25, 0.3) is 10.9 Å². The molecule has 16 nitrogen and oxygen atoms in total. The Hall–Kier alpha value is -4.98. The molecule has 0 radical (unpaired) electrons. The molecule has 70 heavy (non-hydrogen) atoms. The number of alkyl halides is 3. The van der Waals surface area contributed by atoms with E-state index in [1.807, 2.05) is 17.0 Å². The summed E-state index contributed by atoms with van der Waals surface area (Å²) in [7, 11) is 3.84. The Labute approximate surface area is 409 Å². The maximum atomic E-state index is 14.2. The molecule has 0 bridgehead atoms. The first-order valence-corrected chi connectivity index (χ1v) is 25.3. The van der Waals surface area contributed by atoms with Crippen molar-refractivity contribution in [1.82, 2.24) is 45.2 Å². The van der Waals surface area contributed by atoms with E-state index in [0.717, 1.165) is 95.1 Å². The van der Waals surface area contributed by atoms with Gasteiger partial charge in [-0.3, -0.25) is 24.2 Å². The maximum Gasteiger partial charge on any atom is 0.416 e. The van der Waals surface area contributed by atoms with Crippen LogP contribution in [0.1, 0.15) is 102 Å². The van der Waals surface area contributed by atoms with Gasteiger partial charge in [-0.05, 0) is 133 Å². The Morgan fingerprint density at radius 1 is 0.929 bits per heavy atom. The van der Waals surface area contributed by atoms with E-state index in [1.54, 1.807) is 24.3 Å². The predicted octanol–water partition coefficient (Wildman–Crippen LogP) is 5.44. The van der Waals surface area contributed by atoms with E-state index in [2.05, 4.69) is 61.6 Å². The lowest BCUT2D eigenvalue weighted by Crippen LogP contribution is -2.59. The monoisotopic (exact) mass is 977 g/mol. The molecule has 2 aromatic heterocycles. The summed E-state index contributed by atoms with van der Waals surface area (Å²) in [5.74, 6) is -0.661. The van der Waals surface area contributed by atoms with Gasteiger partial charge in [-0.1, -0.05) is 6.07 Å². The molecule has 6 atom stereocenters. The summed E-state index contributed by atoms with van der Waals surface area (Å²) < 4.78 is 52.5. The molecule has 0 unspecified atom stereocenters. The summed E-state index contributed by atoms with van der Waals surface area (Å²) in [4.78, 5) is 74.6. The van der Waals surface area contributed by atoms with Gasteiger partial charge in [0.2, 0.25) is 23.6 Å². The Balaban J connectivity index is 0.747. The predicted molar refractivity (Wildman–Crippen MR) is 257 cm³/mol. The number of amides is 4. The molecule has 5 fully saturated rings. The minimum absolute atomic E-state index is 0.0620. The smallest absolute Gasteiger partial charge is 0.378 e. The topological polar surface area (TPSA) is 174 Å². The molecule has 2 aliphatic carbocycles. The first-order chi connectivity index (χ1) is 33.6. The summed E-state index contributed by atoms with van der Waals surface area (Å²) in [6, 6.07) is 6.18. The molecule has 3 aliphatic heterocycles. The first kappa shape index (κ1) is 51.4. The van der Waals surface area contributed by atoms with Crippen molar-refractivity contribution in [3.63, 3.8) is 0 Å². The van der Waals surface area contributed by atoms with Crippen LogP contribution in [0.5, 0.6) is 0 Å². The third-order valence-electron chi connectivity index (χ3n) is 16.2. The van der Waals surface area contributed by atoms with E-state index in [-0.39, 0.29) is 76.8 Å². The fourth-order valence-electron chi connectivity index (χ4n) is 11.7. The second-order valence-corrected chi connectivity index (χ2v) is 20.6. The fraction of sp³-hybridized carbons (Fsp3) is 0.667. The van der Waals surface area contributed by atoms with Crippen molar-refractivity contribution in [2.45, 2.75) is 127 Å². The number of ether oxygens (including phenoxy) is 2. The molecule has 5 heterocycles.